The van der Waals surface area contributed by atoms with E-state index in [1.807, 2.05) is 25.1 Å². The maximum absolute atomic E-state index is 12.9. The van der Waals surface area contributed by atoms with Crippen molar-refractivity contribution in [1.82, 2.24) is 9.97 Å². The van der Waals surface area contributed by atoms with Gasteiger partial charge in [0.15, 0.2) is 5.13 Å². The number of rotatable bonds is 4. The Labute approximate surface area is 126 Å². The van der Waals surface area contributed by atoms with E-state index in [1.165, 1.54) is 17.8 Å². The predicted octanol–water partition coefficient (Wildman–Crippen LogP) is 4.26. The van der Waals surface area contributed by atoms with Crippen molar-refractivity contribution in [3.8, 4) is 11.4 Å². The third-order valence-corrected chi connectivity index (χ3v) is 3.98. The Hall–Kier alpha value is -2.27. The lowest BCUT2D eigenvalue weighted by atomic mass is 10.2. The first-order chi connectivity index (χ1) is 10.2. The van der Waals surface area contributed by atoms with E-state index in [1.54, 1.807) is 17.4 Å². The summed E-state index contributed by atoms with van der Waals surface area (Å²) in [6, 6.07) is 13.2. The van der Waals surface area contributed by atoms with Crippen LogP contribution >= 0.6 is 11.3 Å². The van der Waals surface area contributed by atoms with Gasteiger partial charge in [0.2, 0.25) is 0 Å². The van der Waals surface area contributed by atoms with E-state index in [-0.39, 0.29) is 5.82 Å². The summed E-state index contributed by atoms with van der Waals surface area (Å²) in [5.74, 6) is -0.339. The number of halogens is 1. The largest absolute Gasteiger partial charge is 0.357 e. The zero-order valence-electron chi connectivity index (χ0n) is 11.5. The van der Waals surface area contributed by atoms with Gasteiger partial charge in [0.25, 0.3) is 0 Å². The monoisotopic (exact) mass is 299 g/mol. The molecule has 0 saturated heterocycles. The number of pyridine rings is 1. The van der Waals surface area contributed by atoms with Crippen LogP contribution in [0.25, 0.3) is 11.4 Å². The van der Waals surface area contributed by atoms with E-state index in [4.69, 9.17) is 0 Å². The van der Waals surface area contributed by atoms with Gasteiger partial charge in [-0.2, -0.15) is 0 Å². The van der Waals surface area contributed by atoms with Gasteiger partial charge in [0.1, 0.15) is 11.5 Å². The average molecular weight is 299 g/mol. The van der Waals surface area contributed by atoms with E-state index in [9.17, 15) is 4.39 Å². The molecule has 2 aromatic heterocycles. The van der Waals surface area contributed by atoms with E-state index in [2.05, 4.69) is 27.4 Å². The molecule has 3 aromatic rings. The minimum Gasteiger partial charge on any atom is -0.357 e. The molecule has 3 rings (SSSR count). The Morgan fingerprint density at radius 1 is 1.14 bits per heavy atom. The molecule has 0 aliphatic heterocycles. The molecule has 0 unspecified atom stereocenters. The molecule has 0 aliphatic rings. The molecule has 1 N–H and O–H groups in total. The summed E-state index contributed by atoms with van der Waals surface area (Å²) in [6.07, 6.45) is 1.21. The summed E-state index contributed by atoms with van der Waals surface area (Å²) in [5.41, 5.74) is 2.69. The molecule has 5 heteroatoms. The standard InChI is InChI=1S/C16H14FN3S/c1-11-15(14-8-7-13(17)10-18-14)20-16(21-11)19-9-12-5-3-2-4-6-12/h2-8,10H,9H2,1H3,(H,19,20). The Morgan fingerprint density at radius 2 is 1.95 bits per heavy atom. The minimum absolute atomic E-state index is 0.339. The van der Waals surface area contributed by atoms with Gasteiger partial charge >= 0.3 is 0 Å². The summed E-state index contributed by atoms with van der Waals surface area (Å²) in [7, 11) is 0. The van der Waals surface area contributed by atoms with Crippen molar-refractivity contribution in [3.05, 3.63) is 64.9 Å². The number of thiazole rings is 1. The summed E-state index contributed by atoms with van der Waals surface area (Å²) in [6.45, 7) is 2.72. The average Bonchev–Trinajstić information content (AvgIpc) is 2.88. The highest BCUT2D eigenvalue weighted by molar-refractivity contribution is 7.15. The third kappa shape index (κ3) is 3.25. The second kappa shape index (κ2) is 6.01. The maximum atomic E-state index is 12.9. The van der Waals surface area contributed by atoms with Crippen LogP contribution in [-0.2, 0) is 6.54 Å². The van der Waals surface area contributed by atoms with Crippen molar-refractivity contribution in [2.24, 2.45) is 0 Å². The van der Waals surface area contributed by atoms with Crippen LogP contribution in [0.1, 0.15) is 10.4 Å². The highest BCUT2D eigenvalue weighted by Crippen LogP contribution is 2.29. The highest BCUT2D eigenvalue weighted by Gasteiger charge is 2.10. The number of nitrogens with zero attached hydrogens (tertiary/aromatic N) is 2. The molecule has 0 bridgehead atoms. The fourth-order valence-corrected chi connectivity index (χ4v) is 2.82. The molecule has 3 nitrogen and oxygen atoms in total. The zero-order chi connectivity index (χ0) is 14.7. The first kappa shape index (κ1) is 13.7. The summed E-state index contributed by atoms with van der Waals surface area (Å²) < 4.78 is 12.9. The van der Waals surface area contributed by atoms with Crippen LogP contribution < -0.4 is 5.32 Å². The lowest BCUT2D eigenvalue weighted by Crippen LogP contribution is -1.98. The smallest absolute Gasteiger partial charge is 0.183 e. The number of anilines is 1. The molecule has 0 amide bonds. The number of hydrogen-bond acceptors (Lipinski definition) is 4. The van der Waals surface area contributed by atoms with Gasteiger partial charge in [-0.3, -0.25) is 4.98 Å². The SMILES string of the molecule is Cc1sc(NCc2ccccc2)nc1-c1ccc(F)cn1. The summed E-state index contributed by atoms with van der Waals surface area (Å²) in [5, 5.41) is 4.15. The van der Waals surface area contributed by atoms with Gasteiger partial charge in [0.05, 0.1) is 11.9 Å². The molecular formula is C16H14FN3S. The van der Waals surface area contributed by atoms with Gasteiger partial charge < -0.3 is 5.32 Å². The molecule has 0 radical (unpaired) electrons. The topological polar surface area (TPSA) is 37.8 Å². The minimum atomic E-state index is -0.339. The maximum Gasteiger partial charge on any atom is 0.183 e. The quantitative estimate of drug-likeness (QED) is 0.782. The van der Waals surface area contributed by atoms with Gasteiger partial charge in [-0.15, -0.1) is 11.3 Å². The van der Waals surface area contributed by atoms with Crippen molar-refractivity contribution in [3.63, 3.8) is 0 Å². The normalized spacial score (nSPS) is 10.6. The second-order valence-corrected chi connectivity index (χ2v) is 5.83. The third-order valence-electron chi connectivity index (χ3n) is 3.05. The fourth-order valence-electron chi connectivity index (χ4n) is 2.00. The van der Waals surface area contributed by atoms with Crippen LogP contribution in [-0.4, -0.2) is 9.97 Å². The van der Waals surface area contributed by atoms with Crippen LogP contribution in [0.15, 0.2) is 48.7 Å². The van der Waals surface area contributed by atoms with Crippen LogP contribution in [0.2, 0.25) is 0 Å². The fraction of sp³-hybridized carbons (Fsp3) is 0.125. The number of benzene rings is 1. The molecule has 1 aromatic carbocycles. The Bertz CT molecular complexity index is 723. The zero-order valence-corrected chi connectivity index (χ0v) is 12.3. The molecule has 0 saturated carbocycles. The molecular weight excluding hydrogens is 285 g/mol. The number of aryl methyl sites for hydroxylation is 1. The van der Waals surface area contributed by atoms with Gasteiger partial charge in [-0.1, -0.05) is 30.3 Å². The number of nitrogens with one attached hydrogen (secondary N) is 1. The van der Waals surface area contributed by atoms with E-state index < -0.39 is 0 Å². The Balaban J connectivity index is 1.76. The molecule has 2 heterocycles. The number of aromatic nitrogens is 2. The van der Waals surface area contributed by atoms with E-state index in [0.717, 1.165) is 22.2 Å². The predicted molar refractivity (Wildman–Crippen MR) is 83.8 cm³/mol. The molecule has 21 heavy (non-hydrogen) atoms. The van der Waals surface area contributed by atoms with Gasteiger partial charge in [-0.25, -0.2) is 9.37 Å². The molecule has 0 fully saturated rings. The van der Waals surface area contributed by atoms with Crippen LogP contribution in [0.5, 0.6) is 0 Å². The van der Waals surface area contributed by atoms with Crippen LogP contribution in [0, 0.1) is 12.7 Å². The Kier molecular flexibility index (Phi) is 3.92. The molecule has 0 spiro atoms. The van der Waals surface area contributed by atoms with Crippen molar-refractivity contribution in [1.29, 1.82) is 0 Å². The lowest BCUT2D eigenvalue weighted by Gasteiger charge is -2.02. The van der Waals surface area contributed by atoms with E-state index >= 15 is 0 Å². The first-order valence-electron chi connectivity index (χ1n) is 6.59. The highest BCUT2D eigenvalue weighted by atomic mass is 32.1. The second-order valence-electron chi connectivity index (χ2n) is 4.62. The summed E-state index contributed by atoms with van der Waals surface area (Å²) >= 11 is 1.58. The van der Waals surface area contributed by atoms with Gasteiger partial charge in [0, 0.05) is 11.4 Å². The van der Waals surface area contributed by atoms with Crippen molar-refractivity contribution in [2.75, 3.05) is 5.32 Å². The number of hydrogen-bond donors (Lipinski definition) is 1. The Morgan fingerprint density at radius 3 is 2.67 bits per heavy atom. The van der Waals surface area contributed by atoms with Gasteiger partial charge in [-0.05, 0) is 24.6 Å². The molecule has 0 atom stereocenters. The summed E-state index contributed by atoms with van der Waals surface area (Å²) in [4.78, 5) is 9.69. The first-order valence-corrected chi connectivity index (χ1v) is 7.41. The van der Waals surface area contributed by atoms with Crippen molar-refractivity contribution in [2.45, 2.75) is 13.5 Å². The lowest BCUT2D eigenvalue weighted by molar-refractivity contribution is 0.622. The van der Waals surface area contributed by atoms with Crippen LogP contribution in [0.4, 0.5) is 9.52 Å². The van der Waals surface area contributed by atoms with Crippen molar-refractivity contribution < 1.29 is 4.39 Å². The van der Waals surface area contributed by atoms with E-state index in [0.29, 0.717) is 5.69 Å². The molecule has 106 valence electrons. The van der Waals surface area contributed by atoms with Crippen LogP contribution in [0.3, 0.4) is 0 Å². The molecule has 0 aliphatic carbocycles. The van der Waals surface area contributed by atoms with Crippen molar-refractivity contribution >= 4 is 16.5 Å².